The molecule has 0 unspecified atom stereocenters. The minimum atomic E-state index is 0.641. The zero-order valence-corrected chi connectivity index (χ0v) is 11.8. The van der Waals surface area contributed by atoms with Gasteiger partial charge in [0.1, 0.15) is 11.5 Å². The zero-order valence-electron chi connectivity index (χ0n) is 11.8. The summed E-state index contributed by atoms with van der Waals surface area (Å²) in [6.07, 6.45) is 2.67. The van der Waals surface area contributed by atoms with Crippen LogP contribution in [0, 0.1) is 0 Å². The average Bonchev–Trinajstić information content (AvgIpc) is 3.00. The summed E-state index contributed by atoms with van der Waals surface area (Å²) in [6, 6.07) is 11.8. The van der Waals surface area contributed by atoms with Crippen molar-refractivity contribution in [2.24, 2.45) is 0 Å². The number of hydrogen-bond donors (Lipinski definition) is 1. The fraction of sp³-hybridized carbons (Fsp3) is 0.375. The smallest absolute Gasteiger partial charge is 0.118 e. The van der Waals surface area contributed by atoms with Gasteiger partial charge < -0.3 is 19.2 Å². The molecule has 0 saturated carbocycles. The van der Waals surface area contributed by atoms with Gasteiger partial charge in [0.15, 0.2) is 0 Å². The molecule has 0 atom stereocenters. The molecule has 1 aromatic carbocycles. The second-order valence-corrected chi connectivity index (χ2v) is 4.51. The van der Waals surface area contributed by atoms with Crippen LogP contribution in [0.15, 0.2) is 47.1 Å². The number of furan rings is 1. The Kier molecular flexibility index (Phi) is 6.14. The minimum Gasteiger partial charge on any atom is -0.497 e. The Morgan fingerprint density at radius 3 is 2.70 bits per heavy atom. The highest BCUT2D eigenvalue weighted by Gasteiger charge is 1.96. The Bertz CT molecular complexity index is 465. The number of benzene rings is 1. The summed E-state index contributed by atoms with van der Waals surface area (Å²) in [5.74, 6) is 1.83. The Balaban J connectivity index is 1.50. The average molecular weight is 275 g/mol. The highest BCUT2D eigenvalue weighted by molar-refractivity contribution is 5.26. The van der Waals surface area contributed by atoms with Crippen LogP contribution in [0.5, 0.6) is 5.75 Å². The minimum absolute atomic E-state index is 0.641. The molecule has 0 fully saturated rings. The van der Waals surface area contributed by atoms with E-state index in [2.05, 4.69) is 5.32 Å². The molecule has 0 aliphatic heterocycles. The van der Waals surface area contributed by atoms with Gasteiger partial charge in [0.2, 0.25) is 0 Å². The third-order valence-electron chi connectivity index (χ3n) is 2.95. The molecule has 1 aromatic heterocycles. The first kappa shape index (κ1) is 14.6. The number of nitrogens with one attached hydrogen (secondary N) is 1. The third kappa shape index (κ3) is 5.07. The van der Waals surface area contributed by atoms with E-state index in [0.717, 1.165) is 43.2 Å². The van der Waals surface area contributed by atoms with Gasteiger partial charge in [0.05, 0.1) is 26.5 Å². The van der Waals surface area contributed by atoms with Gasteiger partial charge in [-0.1, -0.05) is 12.1 Å². The van der Waals surface area contributed by atoms with Crippen LogP contribution < -0.4 is 10.1 Å². The number of rotatable bonds is 9. The molecule has 2 rings (SSSR count). The lowest BCUT2D eigenvalue weighted by Crippen LogP contribution is -2.15. The molecule has 2 aromatic rings. The van der Waals surface area contributed by atoms with Crippen LogP contribution in [0.2, 0.25) is 0 Å². The SMILES string of the molecule is COc1ccc(COCCCNCc2ccco2)cc1. The topological polar surface area (TPSA) is 43.6 Å². The summed E-state index contributed by atoms with van der Waals surface area (Å²) in [6.45, 7) is 3.08. The highest BCUT2D eigenvalue weighted by Crippen LogP contribution is 2.11. The molecule has 108 valence electrons. The largest absolute Gasteiger partial charge is 0.497 e. The Morgan fingerprint density at radius 2 is 2.00 bits per heavy atom. The summed E-state index contributed by atoms with van der Waals surface area (Å²) < 4.78 is 16.0. The molecule has 0 bridgehead atoms. The molecule has 0 radical (unpaired) electrons. The first-order valence-electron chi connectivity index (χ1n) is 6.82. The molecular weight excluding hydrogens is 254 g/mol. The maximum Gasteiger partial charge on any atom is 0.118 e. The molecule has 4 heteroatoms. The lowest BCUT2D eigenvalue weighted by molar-refractivity contribution is 0.118. The summed E-state index contributed by atoms with van der Waals surface area (Å²) in [5, 5.41) is 3.31. The Morgan fingerprint density at radius 1 is 1.15 bits per heavy atom. The van der Waals surface area contributed by atoms with E-state index in [1.807, 2.05) is 36.4 Å². The zero-order chi connectivity index (χ0) is 14.0. The summed E-state index contributed by atoms with van der Waals surface area (Å²) in [5.41, 5.74) is 1.16. The highest BCUT2D eigenvalue weighted by atomic mass is 16.5. The lowest BCUT2D eigenvalue weighted by Gasteiger charge is -2.06. The van der Waals surface area contributed by atoms with E-state index in [0.29, 0.717) is 6.61 Å². The van der Waals surface area contributed by atoms with E-state index in [4.69, 9.17) is 13.9 Å². The van der Waals surface area contributed by atoms with Crippen LogP contribution in [0.3, 0.4) is 0 Å². The van der Waals surface area contributed by atoms with E-state index >= 15 is 0 Å². The fourth-order valence-corrected chi connectivity index (χ4v) is 1.84. The number of hydrogen-bond acceptors (Lipinski definition) is 4. The maximum atomic E-state index is 5.63. The van der Waals surface area contributed by atoms with E-state index < -0.39 is 0 Å². The van der Waals surface area contributed by atoms with Gasteiger partial charge in [-0.2, -0.15) is 0 Å². The molecule has 1 N–H and O–H groups in total. The standard InChI is InChI=1S/C16H21NO3/c1-18-15-7-5-14(6-8-15)13-19-10-3-9-17-12-16-4-2-11-20-16/h2,4-8,11,17H,3,9-10,12-13H2,1H3. The van der Waals surface area contributed by atoms with Crippen LogP contribution in [-0.2, 0) is 17.9 Å². The summed E-state index contributed by atoms with van der Waals surface area (Å²) in [4.78, 5) is 0. The van der Waals surface area contributed by atoms with Gasteiger partial charge in [-0.3, -0.25) is 0 Å². The Labute approximate surface area is 119 Å². The second kappa shape index (κ2) is 8.40. The normalized spacial score (nSPS) is 10.7. The van der Waals surface area contributed by atoms with Gasteiger partial charge in [-0.15, -0.1) is 0 Å². The molecule has 20 heavy (non-hydrogen) atoms. The van der Waals surface area contributed by atoms with Crippen molar-refractivity contribution in [3.63, 3.8) is 0 Å². The fourth-order valence-electron chi connectivity index (χ4n) is 1.84. The molecular formula is C16H21NO3. The number of ether oxygens (including phenoxy) is 2. The van der Waals surface area contributed by atoms with Gasteiger partial charge in [-0.05, 0) is 42.8 Å². The molecule has 0 saturated heterocycles. The van der Waals surface area contributed by atoms with E-state index in [-0.39, 0.29) is 0 Å². The van der Waals surface area contributed by atoms with Crippen LogP contribution in [-0.4, -0.2) is 20.3 Å². The van der Waals surface area contributed by atoms with E-state index in [1.165, 1.54) is 0 Å². The molecule has 4 nitrogen and oxygen atoms in total. The molecule has 0 aliphatic rings. The molecule has 0 spiro atoms. The molecule has 0 amide bonds. The van der Waals surface area contributed by atoms with Gasteiger partial charge in [-0.25, -0.2) is 0 Å². The van der Waals surface area contributed by atoms with Crippen molar-refractivity contribution >= 4 is 0 Å². The van der Waals surface area contributed by atoms with Crippen molar-refractivity contribution in [1.29, 1.82) is 0 Å². The van der Waals surface area contributed by atoms with Crippen molar-refractivity contribution in [1.82, 2.24) is 5.32 Å². The number of methoxy groups -OCH3 is 1. The molecule has 0 aliphatic carbocycles. The first-order chi connectivity index (χ1) is 9.88. The quantitative estimate of drug-likeness (QED) is 0.714. The predicted molar refractivity (Wildman–Crippen MR) is 77.7 cm³/mol. The predicted octanol–water partition coefficient (Wildman–Crippen LogP) is 2.98. The van der Waals surface area contributed by atoms with Crippen LogP contribution in [0.4, 0.5) is 0 Å². The third-order valence-corrected chi connectivity index (χ3v) is 2.95. The first-order valence-corrected chi connectivity index (χ1v) is 6.82. The summed E-state index contributed by atoms with van der Waals surface area (Å²) in [7, 11) is 1.67. The van der Waals surface area contributed by atoms with E-state index in [1.54, 1.807) is 13.4 Å². The monoisotopic (exact) mass is 275 g/mol. The van der Waals surface area contributed by atoms with Crippen LogP contribution in [0.1, 0.15) is 17.7 Å². The van der Waals surface area contributed by atoms with E-state index in [9.17, 15) is 0 Å². The lowest BCUT2D eigenvalue weighted by atomic mass is 10.2. The van der Waals surface area contributed by atoms with Crippen molar-refractivity contribution in [2.75, 3.05) is 20.3 Å². The van der Waals surface area contributed by atoms with Crippen molar-refractivity contribution < 1.29 is 13.9 Å². The molecule has 1 heterocycles. The van der Waals surface area contributed by atoms with Crippen molar-refractivity contribution in [2.45, 2.75) is 19.6 Å². The van der Waals surface area contributed by atoms with Gasteiger partial charge in [0.25, 0.3) is 0 Å². The van der Waals surface area contributed by atoms with Gasteiger partial charge >= 0.3 is 0 Å². The van der Waals surface area contributed by atoms with Crippen LogP contribution in [0.25, 0.3) is 0 Å². The van der Waals surface area contributed by atoms with Crippen molar-refractivity contribution in [3.05, 3.63) is 54.0 Å². The summed E-state index contributed by atoms with van der Waals surface area (Å²) >= 11 is 0. The second-order valence-electron chi connectivity index (χ2n) is 4.51. The van der Waals surface area contributed by atoms with Crippen molar-refractivity contribution in [3.8, 4) is 5.75 Å². The Hall–Kier alpha value is -1.78. The van der Waals surface area contributed by atoms with Gasteiger partial charge in [0, 0.05) is 6.61 Å². The maximum absolute atomic E-state index is 5.63. The van der Waals surface area contributed by atoms with Crippen LogP contribution >= 0.6 is 0 Å².